The van der Waals surface area contributed by atoms with Gasteiger partial charge in [-0.3, -0.25) is 4.79 Å². The van der Waals surface area contributed by atoms with Crippen molar-refractivity contribution in [2.75, 3.05) is 0 Å². The van der Waals surface area contributed by atoms with Crippen molar-refractivity contribution in [3.63, 3.8) is 0 Å². The van der Waals surface area contributed by atoms with Gasteiger partial charge >= 0.3 is 5.97 Å². The summed E-state index contributed by atoms with van der Waals surface area (Å²) in [5, 5.41) is 9.76. The fourth-order valence-electron chi connectivity index (χ4n) is 5.05. The predicted molar refractivity (Wildman–Crippen MR) is 147 cm³/mol. The van der Waals surface area contributed by atoms with Crippen molar-refractivity contribution in [3.05, 3.63) is 0 Å². The molecule has 1 N–H and O–H groups in total. The van der Waals surface area contributed by atoms with E-state index in [1.807, 2.05) is 6.92 Å². The Balaban J connectivity index is 3.53. The zero-order chi connectivity index (χ0) is 24.5. The largest absolute Gasteiger partial charge is 0.481 e. The predicted octanol–water partition coefficient (Wildman–Crippen LogP) is 11.3. The van der Waals surface area contributed by atoms with Crippen LogP contribution in [0.15, 0.2) is 0 Å². The van der Waals surface area contributed by atoms with Gasteiger partial charge in [0.1, 0.15) is 0 Å². The summed E-state index contributed by atoms with van der Waals surface area (Å²) in [5.41, 5.74) is -0.502. The van der Waals surface area contributed by atoms with Crippen LogP contribution in [0.25, 0.3) is 0 Å². The Hall–Kier alpha value is -0.530. The van der Waals surface area contributed by atoms with Crippen molar-refractivity contribution in [2.45, 2.75) is 188 Å². The summed E-state index contributed by atoms with van der Waals surface area (Å²) < 4.78 is 0. The first-order chi connectivity index (χ1) is 16.1. The maximum Gasteiger partial charge on any atom is 0.309 e. The van der Waals surface area contributed by atoms with Crippen molar-refractivity contribution in [3.8, 4) is 0 Å². The van der Waals surface area contributed by atoms with E-state index in [9.17, 15) is 9.90 Å². The van der Waals surface area contributed by atoms with E-state index < -0.39 is 11.4 Å². The minimum absolute atomic E-state index is 0.502. The van der Waals surface area contributed by atoms with E-state index in [1.165, 1.54) is 141 Å². The van der Waals surface area contributed by atoms with Crippen LogP contribution in [-0.4, -0.2) is 11.1 Å². The van der Waals surface area contributed by atoms with E-state index in [0.29, 0.717) is 0 Å². The molecular weight excluding hydrogens is 404 g/mol. The molecule has 0 heterocycles. The van der Waals surface area contributed by atoms with Crippen molar-refractivity contribution >= 4 is 5.97 Å². The second-order valence-electron chi connectivity index (χ2n) is 11.1. The molecule has 0 aliphatic heterocycles. The fraction of sp³-hybridized carbons (Fsp3) is 0.968. The summed E-state index contributed by atoms with van der Waals surface area (Å²) in [7, 11) is 0. The van der Waals surface area contributed by atoms with Gasteiger partial charge in [0, 0.05) is 0 Å². The summed E-state index contributed by atoms with van der Waals surface area (Å²) in [6.07, 6.45) is 33.9. The second kappa shape index (κ2) is 24.6. The minimum Gasteiger partial charge on any atom is -0.481 e. The maximum atomic E-state index is 11.9. The highest BCUT2D eigenvalue weighted by Gasteiger charge is 2.31. The standard InChI is InChI=1S/C31H62O2/c1-4-6-8-10-12-14-15-16-17-18-19-20-21-23-25-27-29-31(3,30(32)33)28-26-24-22-13-11-9-7-5-2/h4-29H2,1-3H3,(H,32,33). The highest BCUT2D eigenvalue weighted by atomic mass is 16.4. The van der Waals surface area contributed by atoms with Gasteiger partial charge in [-0.1, -0.05) is 168 Å². The maximum absolute atomic E-state index is 11.9. The lowest BCUT2D eigenvalue weighted by molar-refractivity contribution is -0.149. The van der Waals surface area contributed by atoms with E-state index in [4.69, 9.17) is 0 Å². The van der Waals surface area contributed by atoms with Gasteiger partial charge in [0.25, 0.3) is 0 Å². The van der Waals surface area contributed by atoms with E-state index in [-0.39, 0.29) is 0 Å². The molecule has 0 rings (SSSR count). The molecule has 0 aromatic carbocycles. The third-order valence-electron chi connectivity index (χ3n) is 7.68. The first-order valence-electron chi connectivity index (χ1n) is 15.3. The van der Waals surface area contributed by atoms with Gasteiger partial charge in [-0.25, -0.2) is 0 Å². The van der Waals surface area contributed by atoms with Crippen LogP contribution in [0.3, 0.4) is 0 Å². The van der Waals surface area contributed by atoms with Gasteiger partial charge in [-0.2, -0.15) is 0 Å². The highest BCUT2D eigenvalue weighted by Crippen LogP contribution is 2.32. The molecule has 0 aliphatic rings. The van der Waals surface area contributed by atoms with Crippen LogP contribution in [0, 0.1) is 5.41 Å². The Morgan fingerprint density at radius 3 is 0.879 bits per heavy atom. The number of carbonyl (C=O) groups is 1. The van der Waals surface area contributed by atoms with Crippen molar-refractivity contribution in [2.24, 2.45) is 5.41 Å². The molecular formula is C31H62O2. The van der Waals surface area contributed by atoms with Crippen LogP contribution < -0.4 is 0 Å². The molecule has 0 aliphatic carbocycles. The minimum atomic E-state index is -0.577. The normalized spacial score (nSPS) is 13.3. The Labute approximate surface area is 209 Å². The van der Waals surface area contributed by atoms with E-state index >= 15 is 0 Å². The number of hydrogen-bond acceptors (Lipinski definition) is 1. The lowest BCUT2D eigenvalue weighted by atomic mass is 9.80. The van der Waals surface area contributed by atoms with Gasteiger partial charge in [-0.15, -0.1) is 0 Å². The molecule has 0 amide bonds. The van der Waals surface area contributed by atoms with E-state index in [1.54, 1.807) is 0 Å². The van der Waals surface area contributed by atoms with Crippen molar-refractivity contribution < 1.29 is 9.90 Å². The Bertz CT molecular complexity index is 406. The topological polar surface area (TPSA) is 37.3 Å². The van der Waals surface area contributed by atoms with Crippen molar-refractivity contribution in [1.29, 1.82) is 0 Å². The van der Waals surface area contributed by atoms with Crippen LogP contribution in [0.5, 0.6) is 0 Å². The average molecular weight is 467 g/mol. The summed E-state index contributed by atoms with van der Waals surface area (Å²) >= 11 is 0. The number of carboxylic acids is 1. The lowest BCUT2D eigenvalue weighted by Crippen LogP contribution is -2.27. The van der Waals surface area contributed by atoms with Gasteiger partial charge < -0.3 is 5.11 Å². The third kappa shape index (κ3) is 21.7. The molecule has 198 valence electrons. The molecule has 0 saturated carbocycles. The van der Waals surface area contributed by atoms with Gasteiger partial charge in [-0.05, 0) is 19.8 Å². The smallest absolute Gasteiger partial charge is 0.309 e. The first kappa shape index (κ1) is 32.5. The summed E-state index contributed by atoms with van der Waals surface area (Å²) in [6.45, 7) is 6.53. The molecule has 0 fully saturated rings. The zero-order valence-corrected chi connectivity index (χ0v) is 23.2. The molecule has 0 aromatic rings. The highest BCUT2D eigenvalue weighted by molar-refractivity contribution is 5.74. The molecule has 2 nitrogen and oxygen atoms in total. The molecule has 0 aromatic heterocycles. The molecule has 0 saturated heterocycles. The molecule has 0 bridgehead atoms. The molecule has 0 spiro atoms. The van der Waals surface area contributed by atoms with Crippen molar-refractivity contribution in [1.82, 2.24) is 0 Å². The van der Waals surface area contributed by atoms with Crippen LogP contribution in [0.2, 0.25) is 0 Å². The molecule has 1 unspecified atom stereocenters. The number of hydrogen-bond donors (Lipinski definition) is 1. The monoisotopic (exact) mass is 466 g/mol. The molecule has 2 heteroatoms. The number of unbranched alkanes of at least 4 members (excludes halogenated alkanes) is 22. The van der Waals surface area contributed by atoms with Crippen LogP contribution in [0.1, 0.15) is 188 Å². The number of aliphatic carboxylic acids is 1. The lowest BCUT2D eigenvalue weighted by Gasteiger charge is -2.24. The van der Waals surface area contributed by atoms with Crippen LogP contribution in [0.4, 0.5) is 0 Å². The molecule has 0 radical (unpaired) electrons. The quantitative estimate of drug-likeness (QED) is 0.122. The third-order valence-corrected chi connectivity index (χ3v) is 7.68. The second-order valence-corrected chi connectivity index (χ2v) is 11.1. The SMILES string of the molecule is CCCCCCCCCCCCCCCCCCC(C)(CCCCCCCCCC)C(=O)O. The zero-order valence-electron chi connectivity index (χ0n) is 23.2. The Kier molecular flexibility index (Phi) is 24.2. The Morgan fingerprint density at radius 1 is 0.455 bits per heavy atom. The number of carboxylic acid groups (broad SMARTS) is 1. The van der Waals surface area contributed by atoms with Crippen LogP contribution in [-0.2, 0) is 4.79 Å². The summed E-state index contributed by atoms with van der Waals surface area (Å²) in [6, 6.07) is 0. The molecule has 1 atom stereocenters. The Morgan fingerprint density at radius 2 is 0.667 bits per heavy atom. The summed E-state index contributed by atoms with van der Waals surface area (Å²) in [5.74, 6) is -0.577. The fourth-order valence-corrected chi connectivity index (χ4v) is 5.05. The van der Waals surface area contributed by atoms with E-state index in [2.05, 4.69) is 13.8 Å². The number of rotatable bonds is 27. The average Bonchev–Trinajstić information content (AvgIpc) is 2.80. The first-order valence-corrected chi connectivity index (χ1v) is 15.3. The summed E-state index contributed by atoms with van der Waals surface area (Å²) in [4.78, 5) is 11.9. The van der Waals surface area contributed by atoms with E-state index in [0.717, 1.165) is 25.7 Å². The molecule has 33 heavy (non-hydrogen) atoms. The van der Waals surface area contributed by atoms with Gasteiger partial charge in [0.05, 0.1) is 5.41 Å². The van der Waals surface area contributed by atoms with Crippen LogP contribution >= 0.6 is 0 Å². The van der Waals surface area contributed by atoms with Gasteiger partial charge in [0.15, 0.2) is 0 Å². The van der Waals surface area contributed by atoms with Gasteiger partial charge in [0.2, 0.25) is 0 Å².